The van der Waals surface area contributed by atoms with E-state index in [0.29, 0.717) is 0 Å². The Morgan fingerprint density at radius 2 is 2.32 bits per heavy atom. The van der Waals surface area contributed by atoms with Gasteiger partial charge in [0, 0.05) is 11.9 Å². The van der Waals surface area contributed by atoms with Gasteiger partial charge in [-0.1, -0.05) is 4.49 Å². The summed E-state index contributed by atoms with van der Waals surface area (Å²) in [6.45, 7) is 1.77. The predicted molar refractivity (Wildman–Crippen MR) is 79.3 cm³/mol. The highest BCUT2D eigenvalue weighted by Gasteiger charge is 2.22. The Balaban J connectivity index is 2.29. The molecule has 6 nitrogen and oxygen atoms in total. The van der Waals surface area contributed by atoms with Crippen LogP contribution in [0.3, 0.4) is 0 Å². The van der Waals surface area contributed by atoms with Gasteiger partial charge in [0.25, 0.3) is 0 Å². The molecule has 0 aliphatic rings. The van der Waals surface area contributed by atoms with Crippen molar-refractivity contribution in [2.24, 2.45) is 0 Å². The van der Waals surface area contributed by atoms with Gasteiger partial charge < -0.3 is 10.2 Å². The number of rotatable bonds is 6. The first-order valence-electron chi connectivity index (χ1n) is 5.93. The van der Waals surface area contributed by atoms with Crippen LogP contribution in [0.25, 0.3) is 0 Å². The van der Waals surface area contributed by atoms with E-state index in [4.69, 9.17) is 0 Å². The number of likely N-dealkylation sites (N-methyl/N-ethyl adjacent to an activating group) is 1. The summed E-state index contributed by atoms with van der Waals surface area (Å²) < 4.78 is 6.92. The van der Waals surface area contributed by atoms with E-state index in [9.17, 15) is 0 Å². The highest BCUT2D eigenvalue weighted by molar-refractivity contribution is 9.10. The molecule has 0 aromatic carbocycles. The smallest absolute Gasteiger partial charge is 0.0986 e. The quantitative estimate of drug-likeness (QED) is 0.857. The molecule has 0 bridgehead atoms. The Kier molecular flexibility index (Phi) is 5.03. The zero-order valence-electron chi connectivity index (χ0n) is 11.2. The van der Waals surface area contributed by atoms with Crippen molar-refractivity contribution in [1.82, 2.24) is 29.6 Å². The number of aromatic nitrogens is 4. The lowest BCUT2D eigenvalue weighted by Gasteiger charge is -2.18. The molecule has 0 saturated heterocycles. The van der Waals surface area contributed by atoms with E-state index in [-0.39, 0.29) is 6.04 Å². The largest absolute Gasteiger partial charge is 0.308 e. The van der Waals surface area contributed by atoms with Gasteiger partial charge >= 0.3 is 0 Å². The second-order valence-electron chi connectivity index (χ2n) is 4.46. The molecule has 2 rings (SSSR count). The summed E-state index contributed by atoms with van der Waals surface area (Å²) in [6.07, 6.45) is 1.83. The van der Waals surface area contributed by atoms with Crippen molar-refractivity contribution in [3.8, 4) is 0 Å². The SMILES string of the molecule is CNC(c1csnn1)c1c(Br)cnn1CCN(C)C. The summed E-state index contributed by atoms with van der Waals surface area (Å²) in [7, 11) is 6.02. The van der Waals surface area contributed by atoms with Gasteiger partial charge in [0.05, 0.1) is 34.6 Å². The molecular formula is C11H17BrN6S. The van der Waals surface area contributed by atoms with Crippen molar-refractivity contribution in [3.63, 3.8) is 0 Å². The van der Waals surface area contributed by atoms with Gasteiger partial charge in [-0.05, 0) is 48.6 Å². The Labute approximate surface area is 125 Å². The zero-order valence-corrected chi connectivity index (χ0v) is 13.6. The van der Waals surface area contributed by atoms with Crippen LogP contribution < -0.4 is 5.32 Å². The fourth-order valence-corrected chi connectivity index (χ4v) is 2.86. The standard InChI is InChI=1S/C11H17BrN6S/c1-13-10(9-7-19-16-15-9)11-8(12)6-14-18(11)5-4-17(2)3/h6-7,10,13H,4-5H2,1-3H3. The maximum atomic E-state index is 4.42. The minimum absolute atomic E-state index is 0.00205. The van der Waals surface area contributed by atoms with Gasteiger partial charge in [0.2, 0.25) is 0 Å². The van der Waals surface area contributed by atoms with Gasteiger partial charge in [-0.2, -0.15) is 5.10 Å². The first-order chi connectivity index (χ1) is 9.13. The number of nitrogens with zero attached hydrogens (tertiary/aromatic N) is 5. The molecule has 0 spiro atoms. The molecule has 2 heterocycles. The Bertz CT molecular complexity index is 509. The first kappa shape index (κ1) is 14.6. The van der Waals surface area contributed by atoms with E-state index in [0.717, 1.165) is 29.0 Å². The number of hydrogen-bond donors (Lipinski definition) is 1. The van der Waals surface area contributed by atoms with E-state index in [1.54, 1.807) is 0 Å². The van der Waals surface area contributed by atoms with Crippen molar-refractivity contribution < 1.29 is 0 Å². The van der Waals surface area contributed by atoms with Crippen molar-refractivity contribution in [1.29, 1.82) is 0 Å². The van der Waals surface area contributed by atoms with E-state index in [1.807, 2.05) is 23.3 Å². The summed E-state index contributed by atoms with van der Waals surface area (Å²) in [6, 6.07) is -0.00205. The normalized spacial score (nSPS) is 13.1. The maximum absolute atomic E-state index is 4.42. The Morgan fingerprint density at radius 1 is 1.53 bits per heavy atom. The van der Waals surface area contributed by atoms with Gasteiger partial charge in [0.15, 0.2) is 0 Å². The van der Waals surface area contributed by atoms with Crippen LogP contribution in [0.15, 0.2) is 16.0 Å². The first-order valence-corrected chi connectivity index (χ1v) is 7.56. The molecule has 0 radical (unpaired) electrons. The predicted octanol–water partition coefficient (Wildman–Crippen LogP) is 1.37. The summed E-state index contributed by atoms with van der Waals surface area (Å²) in [4.78, 5) is 2.14. The van der Waals surface area contributed by atoms with Gasteiger partial charge in [0.1, 0.15) is 0 Å². The highest BCUT2D eigenvalue weighted by atomic mass is 79.9. The second-order valence-corrected chi connectivity index (χ2v) is 5.92. The van der Waals surface area contributed by atoms with Gasteiger partial charge in [-0.3, -0.25) is 4.68 Å². The molecule has 2 aromatic heterocycles. The van der Waals surface area contributed by atoms with E-state index in [1.165, 1.54) is 11.5 Å². The lowest BCUT2D eigenvalue weighted by molar-refractivity contribution is 0.366. The van der Waals surface area contributed by atoms with Crippen LogP contribution in [-0.4, -0.2) is 52.0 Å². The monoisotopic (exact) mass is 344 g/mol. The van der Waals surface area contributed by atoms with Crippen LogP contribution in [0.2, 0.25) is 0 Å². The molecule has 0 aliphatic carbocycles. The zero-order chi connectivity index (χ0) is 13.8. The third-order valence-corrected chi connectivity index (χ3v) is 3.96. The molecule has 19 heavy (non-hydrogen) atoms. The highest BCUT2D eigenvalue weighted by Crippen LogP contribution is 2.27. The lowest BCUT2D eigenvalue weighted by atomic mass is 10.1. The summed E-state index contributed by atoms with van der Waals surface area (Å²) in [5, 5.41) is 13.8. The number of nitrogens with one attached hydrogen (secondary N) is 1. The van der Waals surface area contributed by atoms with Gasteiger partial charge in [-0.15, -0.1) is 5.10 Å². The number of hydrogen-bond acceptors (Lipinski definition) is 6. The van der Waals surface area contributed by atoms with Crippen LogP contribution in [0, 0.1) is 0 Å². The minimum atomic E-state index is -0.00205. The fraction of sp³-hybridized carbons (Fsp3) is 0.545. The van der Waals surface area contributed by atoms with Crippen molar-refractivity contribution in [2.45, 2.75) is 12.6 Å². The van der Waals surface area contributed by atoms with Crippen molar-refractivity contribution in [2.75, 3.05) is 27.7 Å². The summed E-state index contributed by atoms with van der Waals surface area (Å²) in [5.74, 6) is 0. The van der Waals surface area contributed by atoms with Crippen LogP contribution in [-0.2, 0) is 6.54 Å². The van der Waals surface area contributed by atoms with Crippen molar-refractivity contribution in [3.05, 3.63) is 27.4 Å². The molecule has 0 amide bonds. The molecular weight excluding hydrogens is 328 g/mol. The molecule has 1 N–H and O–H groups in total. The Hall–Kier alpha value is -0.830. The van der Waals surface area contributed by atoms with Crippen LogP contribution in [0.5, 0.6) is 0 Å². The Morgan fingerprint density at radius 3 is 2.89 bits per heavy atom. The molecule has 0 saturated carbocycles. The van der Waals surface area contributed by atoms with Crippen molar-refractivity contribution >= 4 is 27.5 Å². The third-order valence-electron chi connectivity index (χ3n) is 2.83. The van der Waals surface area contributed by atoms with E-state index >= 15 is 0 Å². The van der Waals surface area contributed by atoms with Crippen LogP contribution in [0.1, 0.15) is 17.4 Å². The summed E-state index contributed by atoms with van der Waals surface area (Å²) >= 11 is 4.93. The molecule has 1 atom stereocenters. The van der Waals surface area contributed by atoms with E-state index < -0.39 is 0 Å². The maximum Gasteiger partial charge on any atom is 0.0986 e. The number of halogens is 1. The molecule has 0 aliphatic heterocycles. The van der Waals surface area contributed by atoms with Crippen LogP contribution >= 0.6 is 27.5 Å². The molecule has 1 unspecified atom stereocenters. The fourth-order valence-electron chi connectivity index (χ4n) is 1.85. The minimum Gasteiger partial charge on any atom is -0.308 e. The average Bonchev–Trinajstić information content (AvgIpc) is 3.00. The lowest BCUT2D eigenvalue weighted by Crippen LogP contribution is -2.25. The average molecular weight is 345 g/mol. The molecule has 104 valence electrons. The molecule has 2 aromatic rings. The van der Waals surface area contributed by atoms with Gasteiger partial charge in [-0.25, -0.2) is 0 Å². The molecule has 0 fully saturated rings. The molecule has 8 heteroatoms. The van der Waals surface area contributed by atoms with E-state index in [2.05, 4.69) is 54.9 Å². The second kappa shape index (κ2) is 6.56. The third kappa shape index (κ3) is 3.38. The van der Waals surface area contributed by atoms with Crippen LogP contribution in [0.4, 0.5) is 0 Å². The summed E-state index contributed by atoms with van der Waals surface area (Å²) in [5.41, 5.74) is 2.00. The topological polar surface area (TPSA) is 58.9 Å².